The second-order valence-electron chi connectivity index (χ2n) is 5.89. The number of β-amino-alcohol motifs (C(OH)–C–C–N with tert-alkyl or cyclic N) is 1. The van der Waals surface area contributed by atoms with Crippen molar-refractivity contribution in [1.82, 2.24) is 15.6 Å². The summed E-state index contributed by atoms with van der Waals surface area (Å²) in [5.41, 5.74) is 2.13. The molecule has 138 valence electrons. The van der Waals surface area contributed by atoms with Crippen LogP contribution in [0.25, 0.3) is 10.9 Å². The molecule has 2 heterocycles. The van der Waals surface area contributed by atoms with E-state index in [2.05, 4.69) is 15.6 Å². The molecule has 2 aromatic rings. The number of pyridine rings is 1. The molecule has 8 heteroatoms. The van der Waals surface area contributed by atoms with Gasteiger partial charge in [-0.15, -0.1) is 24.8 Å². The summed E-state index contributed by atoms with van der Waals surface area (Å²) in [6, 6.07) is 7.28. The predicted molar refractivity (Wildman–Crippen MR) is 102 cm³/mol. The van der Waals surface area contributed by atoms with Gasteiger partial charge in [0.05, 0.1) is 24.3 Å². The van der Waals surface area contributed by atoms with Crippen LogP contribution in [0.4, 0.5) is 0 Å². The molecule has 1 fully saturated rings. The Labute approximate surface area is 159 Å². The van der Waals surface area contributed by atoms with E-state index in [1.807, 2.05) is 25.1 Å². The molecule has 1 aromatic heterocycles. The molecule has 0 bridgehead atoms. The molecule has 1 saturated heterocycles. The Hall–Kier alpha value is -1.60. The zero-order valence-electron chi connectivity index (χ0n) is 14.1. The number of hydrogen-bond acceptors (Lipinski definition) is 5. The number of benzene rings is 1. The van der Waals surface area contributed by atoms with Crippen molar-refractivity contribution in [2.45, 2.75) is 13.0 Å². The molecule has 1 aromatic carbocycles. The second-order valence-corrected chi connectivity index (χ2v) is 5.89. The average molecular weight is 388 g/mol. The summed E-state index contributed by atoms with van der Waals surface area (Å²) in [4.78, 5) is 17.1. The molecule has 0 aliphatic carbocycles. The van der Waals surface area contributed by atoms with Gasteiger partial charge in [-0.1, -0.05) is 0 Å². The van der Waals surface area contributed by atoms with Crippen molar-refractivity contribution in [2.75, 3.05) is 26.7 Å². The lowest BCUT2D eigenvalue weighted by Gasteiger charge is -2.15. The summed E-state index contributed by atoms with van der Waals surface area (Å²) in [6.45, 7) is 3.60. The topological polar surface area (TPSA) is 83.5 Å². The van der Waals surface area contributed by atoms with Crippen molar-refractivity contribution in [2.24, 2.45) is 5.92 Å². The van der Waals surface area contributed by atoms with E-state index >= 15 is 0 Å². The smallest absolute Gasteiger partial charge is 0.252 e. The van der Waals surface area contributed by atoms with E-state index in [9.17, 15) is 9.90 Å². The van der Waals surface area contributed by atoms with Crippen molar-refractivity contribution < 1.29 is 14.6 Å². The first kappa shape index (κ1) is 21.4. The van der Waals surface area contributed by atoms with E-state index in [-0.39, 0.29) is 36.6 Å². The number of nitrogens with one attached hydrogen (secondary N) is 2. The standard InChI is InChI=1S/C17H21N3O3.2ClH/c1-10-5-14(13-6-12(23-2)3-4-15(13)20-10)17(22)19-8-11-7-18-9-16(11)21;;/h3-6,11,16,18,21H,7-9H2,1-2H3,(H,19,22);2*1H. The number of carbonyl (C=O) groups is 1. The Morgan fingerprint density at radius 3 is 2.76 bits per heavy atom. The van der Waals surface area contributed by atoms with Crippen LogP contribution in [0.3, 0.4) is 0 Å². The highest BCUT2D eigenvalue weighted by Crippen LogP contribution is 2.23. The summed E-state index contributed by atoms with van der Waals surface area (Å²) < 4.78 is 5.24. The van der Waals surface area contributed by atoms with E-state index in [0.29, 0.717) is 30.9 Å². The first-order valence-electron chi connectivity index (χ1n) is 7.71. The molecule has 0 radical (unpaired) electrons. The van der Waals surface area contributed by atoms with Crippen LogP contribution in [-0.4, -0.2) is 48.8 Å². The van der Waals surface area contributed by atoms with E-state index in [0.717, 1.165) is 16.6 Å². The first-order chi connectivity index (χ1) is 11.1. The van der Waals surface area contributed by atoms with Crippen molar-refractivity contribution in [3.8, 4) is 5.75 Å². The quantitative estimate of drug-likeness (QED) is 0.743. The Kier molecular flexibility index (Phi) is 7.89. The van der Waals surface area contributed by atoms with Crippen LogP contribution in [0.2, 0.25) is 0 Å². The number of fused-ring (bicyclic) bond motifs is 1. The minimum atomic E-state index is -0.411. The number of nitrogens with zero attached hydrogens (tertiary/aromatic N) is 1. The Balaban J connectivity index is 0.00000156. The minimum Gasteiger partial charge on any atom is -0.497 e. The molecule has 1 amide bonds. The Bertz CT molecular complexity index is 742. The number of halogens is 2. The minimum absolute atomic E-state index is 0. The molecule has 6 nitrogen and oxygen atoms in total. The van der Waals surface area contributed by atoms with Crippen LogP contribution in [0.5, 0.6) is 5.75 Å². The lowest BCUT2D eigenvalue weighted by molar-refractivity contribution is 0.0928. The summed E-state index contributed by atoms with van der Waals surface area (Å²) in [6.07, 6.45) is -0.411. The molecule has 0 saturated carbocycles. The van der Waals surface area contributed by atoms with Gasteiger partial charge in [-0.05, 0) is 31.2 Å². The van der Waals surface area contributed by atoms with Crippen molar-refractivity contribution in [1.29, 1.82) is 0 Å². The fourth-order valence-corrected chi connectivity index (χ4v) is 2.90. The third-order valence-electron chi connectivity index (χ3n) is 4.22. The molecule has 3 rings (SSSR count). The van der Waals surface area contributed by atoms with Crippen molar-refractivity contribution in [3.05, 3.63) is 35.5 Å². The van der Waals surface area contributed by atoms with E-state index in [1.54, 1.807) is 13.2 Å². The summed E-state index contributed by atoms with van der Waals surface area (Å²) in [5.74, 6) is 0.572. The zero-order valence-corrected chi connectivity index (χ0v) is 15.7. The fraction of sp³-hybridized carbons (Fsp3) is 0.412. The van der Waals surface area contributed by atoms with Gasteiger partial charge in [-0.25, -0.2) is 0 Å². The number of aryl methyl sites for hydroxylation is 1. The van der Waals surface area contributed by atoms with Crippen LogP contribution < -0.4 is 15.4 Å². The molecule has 2 atom stereocenters. The number of rotatable bonds is 4. The summed E-state index contributed by atoms with van der Waals surface area (Å²) in [7, 11) is 1.59. The molecule has 25 heavy (non-hydrogen) atoms. The predicted octanol–water partition coefficient (Wildman–Crippen LogP) is 1.71. The van der Waals surface area contributed by atoms with Crippen LogP contribution in [0.15, 0.2) is 24.3 Å². The molecule has 2 unspecified atom stereocenters. The highest BCUT2D eigenvalue weighted by Gasteiger charge is 2.25. The summed E-state index contributed by atoms with van der Waals surface area (Å²) >= 11 is 0. The Morgan fingerprint density at radius 2 is 2.12 bits per heavy atom. The SMILES string of the molecule is COc1ccc2nc(C)cc(C(=O)NCC3CNCC3O)c2c1.Cl.Cl. The van der Waals surface area contributed by atoms with Crippen LogP contribution in [-0.2, 0) is 0 Å². The number of ether oxygens (including phenoxy) is 1. The number of aromatic nitrogens is 1. The average Bonchev–Trinajstić information content (AvgIpc) is 2.96. The van der Waals surface area contributed by atoms with Gasteiger partial charge in [0.15, 0.2) is 0 Å². The number of hydrogen-bond donors (Lipinski definition) is 3. The van der Waals surface area contributed by atoms with Gasteiger partial charge in [0.2, 0.25) is 0 Å². The third kappa shape index (κ3) is 4.73. The number of aliphatic hydroxyl groups excluding tert-OH is 1. The normalized spacial score (nSPS) is 19.0. The zero-order chi connectivity index (χ0) is 16.4. The summed E-state index contributed by atoms with van der Waals surface area (Å²) in [5, 5.41) is 16.6. The van der Waals surface area contributed by atoms with E-state index in [4.69, 9.17) is 4.74 Å². The van der Waals surface area contributed by atoms with Crippen LogP contribution in [0.1, 0.15) is 16.1 Å². The highest BCUT2D eigenvalue weighted by atomic mass is 35.5. The Morgan fingerprint density at radius 1 is 1.36 bits per heavy atom. The molecular weight excluding hydrogens is 365 g/mol. The maximum absolute atomic E-state index is 12.6. The van der Waals surface area contributed by atoms with E-state index < -0.39 is 6.10 Å². The third-order valence-corrected chi connectivity index (χ3v) is 4.22. The maximum Gasteiger partial charge on any atom is 0.252 e. The largest absolute Gasteiger partial charge is 0.497 e. The lowest BCUT2D eigenvalue weighted by atomic mass is 10.0. The van der Waals surface area contributed by atoms with Gasteiger partial charge in [-0.3, -0.25) is 9.78 Å². The number of amides is 1. The number of carbonyl (C=O) groups excluding carboxylic acids is 1. The molecule has 0 spiro atoms. The lowest BCUT2D eigenvalue weighted by Crippen LogP contribution is -2.34. The van der Waals surface area contributed by atoms with Crippen LogP contribution in [0, 0.1) is 12.8 Å². The van der Waals surface area contributed by atoms with Gasteiger partial charge >= 0.3 is 0 Å². The van der Waals surface area contributed by atoms with Gasteiger partial charge < -0.3 is 20.5 Å². The van der Waals surface area contributed by atoms with Gasteiger partial charge in [0.25, 0.3) is 5.91 Å². The number of methoxy groups -OCH3 is 1. The van der Waals surface area contributed by atoms with Gasteiger partial charge in [-0.2, -0.15) is 0 Å². The first-order valence-corrected chi connectivity index (χ1v) is 7.71. The second kappa shape index (κ2) is 9.20. The molecule has 3 N–H and O–H groups in total. The molecule has 1 aliphatic rings. The monoisotopic (exact) mass is 387 g/mol. The maximum atomic E-state index is 12.6. The number of aliphatic hydroxyl groups is 1. The highest BCUT2D eigenvalue weighted by molar-refractivity contribution is 6.06. The van der Waals surface area contributed by atoms with Crippen molar-refractivity contribution in [3.63, 3.8) is 0 Å². The fourth-order valence-electron chi connectivity index (χ4n) is 2.90. The van der Waals surface area contributed by atoms with E-state index in [1.165, 1.54) is 0 Å². The van der Waals surface area contributed by atoms with Crippen molar-refractivity contribution >= 4 is 41.6 Å². The molecular formula is C17H23Cl2N3O3. The molecule has 1 aliphatic heterocycles. The van der Waals surface area contributed by atoms with Gasteiger partial charge in [0, 0.05) is 36.6 Å². The van der Waals surface area contributed by atoms with Gasteiger partial charge in [0.1, 0.15) is 5.75 Å². The van der Waals surface area contributed by atoms with Crippen LogP contribution >= 0.6 is 24.8 Å².